The summed E-state index contributed by atoms with van der Waals surface area (Å²) in [5, 5.41) is 11.5. The van der Waals surface area contributed by atoms with Crippen molar-refractivity contribution >= 4 is 27.3 Å². The summed E-state index contributed by atoms with van der Waals surface area (Å²) in [5.41, 5.74) is 0.942. The third kappa shape index (κ3) is 4.30. The van der Waals surface area contributed by atoms with Crippen molar-refractivity contribution in [1.29, 1.82) is 0 Å². The summed E-state index contributed by atoms with van der Waals surface area (Å²) in [6.07, 6.45) is 1.99. The lowest BCUT2D eigenvalue weighted by atomic mass is 10.2. The van der Waals surface area contributed by atoms with E-state index in [1.54, 1.807) is 28.9 Å². The lowest BCUT2D eigenvalue weighted by Gasteiger charge is -2.11. The van der Waals surface area contributed by atoms with Gasteiger partial charge in [-0.05, 0) is 53.6 Å². The van der Waals surface area contributed by atoms with Gasteiger partial charge in [-0.3, -0.25) is 4.72 Å². The monoisotopic (exact) mass is 441 g/mol. The van der Waals surface area contributed by atoms with E-state index in [-0.39, 0.29) is 27.4 Å². The van der Waals surface area contributed by atoms with Gasteiger partial charge in [-0.2, -0.15) is 8.78 Å². The molecule has 0 atom stereocenters. The Hall–Kier alpha value is -2.79. The quantitative estimate of drug-likeness (QED) is 0.599. The van der Waals surface area contributed by atoms with Crippen LogP contribution >= 0.6 is 11.6 Å². The summed E-state index contributed by atoms with van der Waals surface area (Å²) in [4.78, 5) is -0.197. The molecule has 0 saturated heterocycles. The number of nitrogens with one attached hydrogen (secondary N) is 1. The molecule has 1 aliphatic rings. The molecule has 1 aromatic heterocycles. The van der Waals surface area contributed by atoms with E-state index in [4.69, 9.17) is 11.6 Å². The minimum atomic E-state index is -4.02. The molecule has 1 N–H and O–H groups in total. The molecule has 0 aliphatic heterocycles. The van der Waals surface area contributed by atoms with Crippen LogP contribution in [-0.4, -0.2) is 35.2 Å². The number of anilines is 1. The Morgan fingerprint density at radius 2 is 2.00 bits per heavy atom. The molecule has 3 aromatic rings. The number of benzene rings is 2. The SMILES string of the molecule is O=S(=O)(Nc1cccc(-c2nnnn2C2CC2)c1)c1ccc(OC(F)F)c(Cl)c1. The Bertz CT molecular complexity index is 1150. The van der Waals surface area contributed by atoms with Crippen LogP contribution in [0, 0.1) is 0 Å². The molecule has 0 radical (unpaired) electrons. The zero-order valence-electron chi connectivity index (χ0n) is 14.7. The second kappa shape index (κ2) is 7.56. The van der Waals surface area contributed by atoms with Crippen molar-refractivity contribution in [2.24, 2.45) is 0 Å². The molecule has 1 fully saturated rings. The normalized spacial score (nSPS) is 14.2. The van der Waals surface area contributed by atoms with Crippen molar-refractivity contribution in [3.05, 3.63) is 47.5 Å². The van der Waals surface area contributed by atoms with Gasteiger partial charge in [0.05, 0.1) is 16.0 Å². The highest BCUT2D eigenvalue weighted by molar-refractivity contribution is 7.92. The van der Waals surface area contributed by atoms with E-state index in [9.17, 15) is 17.2 Å². The first-order valence-electron chi connectivity index (χ1n) is 8.49. The number of aromatic nitrogens is 4. The van der Waals surface area contributed by atoms with Gasteiger partial charge in [0, 0.05) is 11.3 Å². The van der Waals surface area contributed by atoms with Crippen LogP contribution in [-0.2, 0) is 10.0 Å². The van der Waals surface area contributed by atoms with Crippen molar-refractivity contribution in [2.75, 3.05) is 4.72 Å². The second-order valence-corrected chi connectivity index (χ2v) is 8.42. The molecule has 1 saturated carbocycles. The van der Waals surface area contributed by atoms with Crippen LogP contribution in [0.25, 0.3) is 11.4 Å². The lowest BCUT2D eigenvalue weighted by Crippen LogP contribution is -2.13. The third-order valence-electron chi connectivity index (χ3n) is 4.19. The molecule has 12 heteroatoms. The number of tetrazole rings is 1. The molecule has 1 aliphatic carbocycles. The first-order chi connectivity index (χ1) is 13.8. The van der Waals surface area contributed by atoms with Crippen LogP contribution in [0.3, 0.4) is 0 Å². The second-order valence-electron chi connectivity index (χ2n) is 6.34. The van der Waals surface area contributed by atoms with E-state index in [1.165, 1.54) is 0 Å². The van der Waals surface area contributed by atoms with Crippen molar-refractivity contribution in [2.45, 2.75) is 30.4 Å². The molecule has 0 amide bonds. The van der Waals surface area contributed by atoms with Gasteiger partial charge in [-0.25, -0.2) is 13.1 Å². The van der Waals surface area contributed by atoms with Crippen LogP contribution in [0.4, 0.5) is 14.5 Å². The van der Waals surface area contributed by atoms with Crippen molar-refractivity contribution in [3.63, 3.8) is 0 Å². The molecule has 0 spiro atoms. The minimum absolute atomic E-state index is 0.197. The summed E-state index contributed by atoms with van der Waals surface area (Å²) in [5.74, 6) is 0.236. The number of hydrogen-bond donors (Lipinski definition) is 1. The Morgan fingerprint density at radius 1 is 1.21 bits per heavy atom. The van der Waals surface area contributed by atoms with Gasteiger partial charge in [0.1, 0.15) is 5.75 Å². The van der Waals surface area contributed by atoms with E-state index in [1.807, 2.05) is 0 Å². The molecular formula is C17H14ClF2N5O3S. The van der Waals surface area contributed by atoms with Crippen LogP contribution in [0.1, 0.15) is 18.9 Å². The molecule has 1 heterocycles. The number of nitrogens with zero attached hydrogens (tertiary/aromatic N) is 4. The topological polar surface area (TPSA) is 99.0 Å². The van der Waals surface area contributed by atoms with Gasteiger partial charge in [-0.15, -0.1) is 5.10 Å². The van der Waals surface area contributed by atoms with Crippen molar-refractivity contribution < 1.29 is 21.9 Å². The average Bonchev–Trinajstić information content (AvgIpc) is 3.39. The maximum atomic E-state index is 12.7. The summed E-state index contributed by atoms with van der Waals surface area (Å²) in [6.45, 7) is -3.07. The van der Waals surface area contributed by atoms with Gasteiger partial charge in [0.2, 0.25) is 0 Å². The van der Waals surface area contributed by atoms with Gasteiger partial charge < -0.3 is 4.74 Å². The highest BCUT2D eigenvalue weighted by atomic mass is 35.5. The van der Waals surface area contributed by atoms with E-state index < -0.39 is 16.6 Å². The first kappa shape index (κ1) is 19.5. The number of sulfonamides is 1. The molecule has 0 unspecified atom stereocenters. The van der Waals surface area contributed by atoms with Crippen molar-refractivity contribution in [3.8, 4) is 17.1 Å². The summed E-state index contributed by atoms with van der Waals surface area (Å²) in [7, 11) is -4.02. The number of alkyl halides is 2. The molecule has 29 heavy (non-hydrogen) atoms. The number of rotatable bonds is 7. The average molecular weight is 442 g/mol. The van der Waals surface area contributed by atoms with E-state index in [0.717, 1.165) is 31.0 Å². The van der Waals surface area contributed by atoms with Gasteiger partial charge >= 0.3 is 6.61 Å². The predicted molar refractivity (Wildman–Crippen MR) is 100 cm³/mol. The number of ether oxygens (including phenoxy) is 1. The maximum Gasteiger partial charge on any atom is 0.387 e. The fourth-order valence-corrected chi connectivity index (χ4v) is 4.09. The molecule has 152 valence electrons. The molecule has 0 bridgehead atoms. The molecule has 2 aromatic carbocycles. The smallest absolute Gasteiger partial charge is 0.387 e. The Morgan fingerprint density at radius 3 is 2.69 bits per heavy atom. The Labute approximate surface area is 169 Å². The molecular weight excluding hydrogens is 428 g/mol. The number of hydrogen-bond acceptors (Lipinski definition) is 6. The van der Waals surface area contributed by atoms with E-state index >= 15 is 0 Å². The van der Waals surface area contributed by atoms with Crippen molar-refractivity contribution in [1.82, 2.24) is 20.2 Å². The summed E-state index contributed by atoms with van der Waals surface area (Å²) < 4.78 is 58.4. The summed E-state index contributed by atoms with van der Waals surface area (Å²) in [6, 6.07) is 10.1. The lowest BCUT2D eigenvalue weighted by molar-refractivity contribution is -0.0498. The van der Waals surface area contributed by atoms with Crippen LogP contribution < -0.4 is 9.46 Å². The van der Waals surface area contributed by atoms with Gasteiger partial charge in [-0.1, -0.05) is 23.7 Å². The molecule has 8 nitrogen and oxygen atoms in total. The Balaban J connectivity index is 1.58. The maximum absolute atomic E-state index is 12.7. The fourth-order valence-electron chi connectivity index (χ4n) is 2.72. The predicted octanol–water partition coefficient (Wildman–Crippen LogP) is 3.73. The molecule has 4 rings (SSSR count). The Kier molecular flexibility index (Phi) is 5.09. The van der Waals surface area contributed by atoms with Crippen LogP contribution in [0.2, 0.25) is 5.02 Å². The summed E-state index contributed by atoms with van der Waals surface area (Å²) >= 11 is 5.85. The first-order valence-corrected chi connectivity index (χ1v) is 10.3. The van der Waals surface area contributed by atoms with E-state index in [0.29, 0.717) is 11.4 Å². The van der Waals surface area contributed by atoms with E-state index in [2.05, 4.69) is 25.0 Å². The highest BCUT2D eigenvalue weighted by Gasteiger charge is 2.28. The standard InChI is InChI=1S/C17H14ClF2N5O3S/c18-14-9-13(6-7-15(14)28-17(19)20)29(26,27)22-11-3-1-2-10(8-11)16-21-23-24-25(16)12-4-5-12/h1-3,6-9,12,17,22H,4-5H2. The highest BCUT2D eigenvalue weighted by Crippen LogP contribution is 2.37. The minimum Gasteiger partial charge on any atom is -0.433 e. The third-order valence-corrected chi connectivity index (χ3v) is 5.86. The fraction of sp³-hybridized carbons (Fsp3) is 0.235. The van der Waals surface area contributed by atoms with Gasteiger partial charge in [0.25, 0.3) is 10.0 Å². The largest absolute Gasteiger partial charge is 0.433 e. The number of halogens is 3. The zero-order chi connectivity index (χ0) is 20.6. The van der Waals surface area contributed by atoms with Gasteiger partial charge in [0.15, 0.2) is 5.82 Å². The van der Waals surface area contributed by atoms with Crippen LogP contribution in [0.5, 0.6) is 5.75 Å². The zero-order valence-corrected chi connectivity index (χ0v) is 16.2. The van der Waals surface area contributed by atoms with Crippen LogP contribution in [0.15, 0.2) is 47.4 Å².